The smallest absolute Gasteiger partial charge is 0.305 e. The zero-order valence-corrected chi connectivity index (χ0v) is 19.6. The number of aliphatic hydroxyl groups is 3. The zero-order valence-electron chi connectivity index (χ0n) is 19.6. The van der Waals surface area contributed by atoms with E-state index in [1.54, 1.807) is 0 Å². The zero-order chi connectivity index (χ0) is 24.8. The Morgan fingerprint density at radius 3 is 2.53 bits per heavy atom. The van der Waals surface area contributed by atoms with Gasteiger partial charge in [-0.2, -0.15) is 0 Å². The van der Waals surface area contributed by atoms with Gasteiger partial charge in [0.1, 0.15) is 13.2 Å². The highest BCUT2D eigenvalue weighted by atomic mass is 17.1. The maximum atomic E-state index is 11.6. The topological polar surface area (TPSA) is 140 Å². The fourth-order valence-corrected chi connectivity index (χ4v) is 4.50. The molecule has 0 aliphatic heterocycles. The van der Waals surface area contributed by atoms with E-state index in [1.165, 1.54) is 5.56 Å². The lowest BCUT2D eigenvalue weighted by Gasteiger charge is -2.23. The van der Waals surface area contributed by atoms with Crippen molar-refractivity contribution in [3.63, 3.8) is 0 Å². The summed E-state index contributed by atoms with van der Waals surface area (Å²) in [7, 11) is 0. The number of nitrogens with zero attached hydrogens (tertiary/aromatic N) is 1. The molecule has 0 spiro atoms. The van der Waals surface area contributed by atoms with Crippen molar-refractivity contribution in [3.8, 4) is 0 Å². The normalized spacial score (nSPS) is 23.6. The predicted molar refractivity (Wildman–Crippen MR) is 124 cm³/mol. The standard InChI is InChI=1S/C25H39NO8/c27-20(13-12-19-8-4-3-5-9-19)14-15-22-21(23(28)18-24(22)29)10-6-1-2-7-11-25(30)33-16-17-34-26(31)32/h1,3-6,8-9,20-24,27-29,31-32H,2,7,10-18H2/b6-1-/t20-,21+,22+,23-,24+/m0/s1. The molecular formula is C25H39NO8. The van der Waals surface area contributed by atoms with Gasteiger partial charge in [0.05, 0.1) is 23.7 Å². The summed E-state index contributed by atoms with van der Waals surface area (Å²) in [5.74, 6) is -0.480. The maximum Gasteiger partial charge on any atom is 0.305 e. The monoisotopic (exact) mass is 481 g/mol. The third-order valence-corrected chi connectivity index (χ3v) is 6.34. The molecule has 0 heterocycles. The van der Waals surface area contributed by atoms with Crippen LogP contribution in [-0.2, 0) is 20.8 Å². The number of aryl methyl sites for hydroxylation is 1. The van der Waals surface area contributed by atoms with Crippen molar-refractivity contribution in [2.75, 3.05) is 13.2 Å². The SMILES string of the molecule is O=C(CCC/C=C\C[C@@H]1[C@@H](CC[C@@H](O)CCc2ccccc2)[C@H](O)C[C@@H]1O)OCCON(O)O. The molecule has 2 rings (SSSR count). The molecule has 1 aliphatic rings. The third kappa shape index (κ3) is 11.1. The average molecular weight is 482 g/mol. The van der Waals surface area contributed by atoms with Crippen molar-refractivity contribution in [2.45, 2.75) is 76.1 Å². The highest BCUT2D eigenvalue weighted by Gasteiger charge is 2.40. The summed E-state index contributed by atoms with van der Waals surface area (Å²) >= 11 is 0. The molecule has 1 aromatic rings. The highest BCUT2D eigenvalue weighted by Crippen LogP contribution is 2.38. The van der Waals surface area contributed by atoms with Crippen molar-refractivity contribution < 1.29 is 40.1 Å². The number of carbonyl (C=O) groups is 1. The lowest BCUT2D eigenvalue weighted by Crippen LogP contribution is -2.23. The first-order chi connectivity index (χ1) is 16.4. The predicted octanol–water partition coefficient (Wildman–Crippen LogP) is 2.79. The largest absolute Gasteiger partial charge is 0.463 e. The number of ether oxygens (including phenoxy) is 1. The number of rotatable bonds is 16. The van der Waals surface area contributed by atoms with E-state index in [4.69, 9.17) is 15.2 Å². The number of aliphatic hydroxyl groups excluding tert-OH is 3. The summed E-state index contributed by atoms with van der Waals surface area (Å²) < 4.78 is 4.89. The summed E-state index contributed by atoms with van der Waals surface area (Å²) in [5.41, 5.74) is 1.20. The molecule has 5 atom stereocenters. The van der Waals surface area contributed by atoms with Gasteiger partial charge in [-0.05, 0) is 68.8 Å². The van der Waals surface area contributed by atoms with Crippen molar-refractivity contribution in [3.05, 3.63) is 48.0 Å². The van der Waals surface area contributed by atoms with Crippen LogP contribution >= 0.6 is 0 Å². The maximum absolute atomic E-state index is 11.6. The second-order valence-electron chi connectivity index (χ2n) is 8.86. The minimum Gasteiger partial charge on any atom is -0.463 e. The minimum absolute atomic E-state index is 0.0445. The van der Waals surface area contributed by atoms with Crippen LogP contribution in [0.5, 0.6) is 0 Å². The number of esters is 1. The minimum atomic E-state index is -0.558. The molecule has 0 saturated heterocycles. The van der Waals surface area contributed by atoms with Crippen molar-refractivity contribution >= 4 is 5.97 Å². The Hall–Kier alpha value is -1.85. The number of unbranched alkanes of at least 4 members (excludes halogenated alkanes) is 1. The van der Waals surface area contributed by atoms with E-state index in [1.807, 2.05) is 42.5 Å². The number of hydrogen-bond acceptors (Lipinski definition) is 9. The summed E-state index contributed by atoms with van der Waals surface area (Å²) in [6, 6.07) is 10.1. The molecule has 9 nitrogen and oxygen atoms in total. The average Bonchev–Trinajstić information content (AvgIpc) is 3.08. The van der Waals surface area contributed by atoms with E-state index in [2.05, 4.69) is 4.84 Å². The van der Waals surface area contributed by atoms with E-state index in [9.17, 15) is 20.1 Å². The van der Waals surface area contributed by atoms with Gasteiger partial charge in [0, 0.05) is 6.42 Å². The second kappa shape index (κ2) is 15.9. The van der Waals surface area contributed by atoms with Crippen LogP contribution in [0.4, 0.5) is 0 Å². The Kier molecular flexibility index (Phi) is 13.3. The summed E-state index contributed by atoms with van der Waals surface area (Å²) in [6.45, 7) is -0.226. The molecule has 0 unspecified atom stereocenters. The van der Waals surface area contributed by atoms with Crippen LogP contribution in [0.3, 0.4) is 0 Å². The van der Waals surface area contributed by atoms with E-state index in [-0.39, 0.29) is 37.4 Å². The molecule has 1 aliphatic carbocycles. The van der Waals surface area contributed by atoms with Crippen LogP contribution in [-0.4, -0.2) is 68.6 Å². The van der Waals surface area contributed by atoms with Gasteiger partial charge in [-0.1, -0.05) is 42.5 Å². The molecule has 34 heavy (non-hydrogen) atoms. The van der Waals surface area contributed by atoms with Crippen LogP contribution in [0.1, 0.15) is 56.9 Å². The van der Waals surface area contributed by atoms with Gasteiger partial charge in [0.2, 0.25) is 0 Å². The van der Waals surface area contributed by atoms with Crippen molar-refractivity contribution in [2.24, 2.45) is 11.8 Å². The van der Waals surface area contributed by atoms with Crippen molar-refractivity contribution in [1.82, 2.24) is 5.39 Å². The van der Waals surface area contributed by atoms with E-state index in [0.29, 0.717) is 44.9 Å². The lowest BCUT2D eigenvalue weighted by atomic mass is 9.85. The molecule has 5 N–H and O–H groups in total. The van der Waals surface area contributed by atoms with Gasteiger partial charge in [0.15, 0.2) is 0 Å². The Balaban J connectivity index is 1.64. The first-order valence-corrected chi connectivity index (χ1v) is 12.1. The molecule has 0 amide bonds. The highest BCUT2D eigenvalue weighted by molar-refractivity contribution is 5.69. The third-order valence-electron chi connectivity index (χ3n) is 6.34. The van der Waals surface area contributed by atoms with Crippen LogP contribution < -0.4 is 0 Å². The summed E-state index contributed by atoms with van der Waals surface area (Å²) in [5, 5.41) is 47.5. The van der Waals surface area contributed by atoms with E-state index < -0.39 is 23.7 Å². The Bertz CT molecular complexity index is 714. The van der Waals surface area contributed by atoms with Gasteiger partial charge in [-0.25, -0.2) is 4.84 Å². The van der Waals surface area contributed by atoms with Crippen LogP contribution in [0, 0.1) is 11.8 Å². The molecule has 192 valence electrons. The summed E-state index contributed by atoms with van der Waals surface area (Å²) in [6.07, 6.45) is 7.70. The van der Waals surface area contributed by atoms with Gasteiger partial charge >= 0.3 is 5.97 Å². The first-order valence-electron chi connectivity index (χ1n) is 12.1. The Labute approximate surface area is 201 Å². The lowest BCUT2D eigenvalue weighted by molar-refractivity contribution is -0.493. The second-order valence-corrected chi connectivity index (χ2v) is 8.86. The van der Waals surface area contributed by atoms with E-state index in [0.717, 1.165) is 6.42 Å². The van der Waals surface area contributed by atoms with Gasteiger partial charge < -0.3 is 20.1 Å². The first kappa shape index (κ1) is 28.4. The van der Waals surface area contributed by atoms with Gasteiger partial charge in [-0.15, -0.1) is 0 Å². The molecular weight excluding hydrogens is 442 g/mol. The van der Waals surface area contributed by atoms with Crippen molar-refractivity contribution in [1.29, 1.82) is 0 Å². The number of carbonyl (C=O) groups excluding carboxylic acids is 1. The van der Waals surface area contributed by atoms with Crippen LogP contribution in [0.25, 0.3) is 0 Å². The molecule has 1 saturated carbocycles. The summed E-state index contributed by atoms with van der Waals surface area (Å²) in [4.78, 5) is 15.9. The quantitative estimate of drug-likeness (QED) is 0.104. The molecule has 1 aromatic carbocycles. The Morgan fingerprint density at radius 2 is 1.79 bits per heavy atom. The Morgan fingerprint density at radius 1 is 1.06 bits per heavy atom. The molecule has 0 radical (unpaired) electrons. The number of benzene rings is 1. The molecule has 1 fully saturated rings. The molecule has 0 bridgehead atoms. The number of allylic oxidation sites excluding steroid dienone is 2. The van der Waals surface area contributed by atoms with Crippen LogP contribution in [0.15, 0.2) is 42.5 Å². The van der Waals surface area contributed by atoms with Crippen LogP contribution in [0.2, 0.25) is 0 Å². The molecule has 0 aromatic heterocycles. The van der Waals surface area contributed by atoms with Gasteiger partial charge in [0.25, 0.3) is 0 Å². The fraction of sp³-hybridized carbons (Fsp3) is 0.640. The molecule has 9 heteroatoms. The number of hydrogen-bond donors (Lipinski definition) is 5. The van der Waals surface area contributed by atoms with E-state index >= 15 is 0 Å². The van der Waals surface area contributed by atoms with Gasteiger partial charge in [-0.3, -0.25) is 15.2 Å². The fourth-order valence-electron chi connectivity index (χ4n) is 4.50.